The zero-order valence-electron chi connectivity index (χ0n) is 16.1. The Morgan fingerprint density at radius 2 is 1.96 bits per heavy atom. The van der Waals surface area contributed by atoms with Crippen molar-refractivity contribution in [1.82, 2.24) is 9.80 Å². The lowest BCUT2D eigenvalue weighted by Gasteiger charge is -2.44. The summed E-state index contributed by atoms with van der Waals surface area (Å²) in [5.74, 6) is -0.0244. The van der Waals surface area contributed by atoms with Crippen molar-refractivity contribution < 1.29 is 14.3 Å². The number of hydrogen-bond donors (Lipinski definition) is 0. The molecule has 0 spiro atoms. The van der Waals surface area contributed by atoms with E-state index in [1.54, 1.807) is 11.0 Å². The third-order valence-electron chi connectivity index (χ3n) is 4.87. The highest BCUT2D eigenvalue weighted by Crippen LogP contribution is 2.33. The summed E-state index contributed by atoms with van der Waals surface area (Å²) in [4.78, 5) is 31.4. The summed E-state index contributed by atoms with van der Waals surface area (Å²) in [7, 11) is 1.99. The molecule has 1 aromatic carbocycles. The third kappa shape index (κ3) is 4.45. The summed E-state index contributed by atoms with van der Waals surface area (Å²) in [6.07, 6.45) is 0.475. The summed E-state index contributed by atoms with van der Waals surface area (Å²) >= 11 is 8.47. The predicted octanol–water partition coefficient (Wildman–Crippen LogP) is 3.85. The highest BCUT2D eigenvalue weighted by atomic mass is 127. The molecule has 27 heavy (non-hydrogen) atoms. The maximum absolute atomic E-state index is 13.2. The first kappa shape index (κ1) is 20.5. The van der Waals surface area contributed by atoms with Crippen molar-refractivity contribution in [3.8, 4) is 0 Å². The minimum absolute atomic E-state index is 0.0244. The van der Waals surface area contributed by atoms with E-state index in [1.807, 2.05) is 38.8 Å². The Bertz CT molecular complexity index is 765. The average molecular weight is 506 g/mol. The second kappa shape index (κ2) is 7.66. The lowest BCUT2D eigenvalue weighted by atomic mass is 10.0. The highest BCUT2D eigenvalue weighted by Gasteiger charge is 2.37. The molecule has 6 nitrogen and oxygen atoms in total. The summed E-state index contributed by atoms with van der Waals surface area (Å²) in [6.45, 7) is 7.83. The van der Waals surface area contributed by atoms with E-state index in [0.717, 1.165) is 22.2 Å². The Morgan fingerprint density at radius 1 is 1.26 bits per heavy atom. The van der Waals surface area contributed by atoms with Gasteiger partial charge in [0.05, 0.1) is 22.3 Å². The quantitative estimate of drug-likeness (QED) is 0.503. The van der Waals surface area contributed by atoms with Crippen molar-refractivity contribution in [2.24, 2.45) is 0 Å². The molecule has 3 rings (SSSR count). The number of benzene rings is 1. The molecule has 148 valence electrons. The molecule has 1 saturated heterocycles. The highest BCUT2D eigenvalue weighted by molar-refractivity contribution is 14.1. The van der Waals surface area contributed by atoms with E-state index in [1.165, 1.54) is 0 Å². The Balaban J connectivity index is 1.84. The van der Waals surface area contributed by atoms with Gasteiger partial charge in [-0.2, -0.15) is 0 Å². The standard InChI is InChI=1S/C19H25ClIN3O3/c1-19(2,3)27-18(26)23-7-8-24-12(11-23)5-6-22(4)16-10-15(21)14(20)9-13(16)17(24)25/h9-10,12H,5-8,11H2,1-4H3/t12-/m0/s1. The van der Waals surface area contributed by atoms with Gasteiger partial charge in [-0.05, 0) is 61.9 Å². The van der Waals surface area contributed by atoms with Crippen LogP contribution in [0.15, 0.2) is 12.1 Å². The number of carbonyl (C=O) groups is 2. The van der Waals surface area contributed by atoms with Gasteiger partial charge in [0.15, 0.2) is 0 Å². The maximum atomic E-state index is 13.2. The molecule has 1 aromatic rings. The number of rotatable bonds is 0. The Hall–Kier alpha value is -1.22. The Labute approximate surface area is 178 Å². The predicted molar refractivity (Wildman–Crippen MR) is 115 cm³/mol. The van der Waals surface area contributed by atoms with Crippen LogP contribution in [0.3, 0.4) is 0 Å². The molecule has 8 heteroatoms. The number of halogens is 2. The van der Waals surface area contributed by atoms with Gasteiger partial charge in [0.2, 0.25) is 0 Å². The lowest BCUT2D eigenvalue weighted by Crippen LogP contribution is -2.58. The minimum atomic E-state index is -0.530. The van der Waals surface area contributed by atoms with E-state index in [9.17, 15) is 9.59 Å². The SMILES string of the molecule is CN1CC[C@H]2CN(C(=O)OC(C)(C)C)CCN2C(=O)c2cc(Cl)c(I)cc21. The topological polar surface area (TPSA) is 53.1 Å². The normalized spacial score (nSPS) is 20.6. The molecule has 0 radical (unpaired) electrons. The van der Waals surface area contributed by atoms with Crippen LogP contribution in [-0.4, -0.2) is 66.7 Å². The number of hydrogen-bond acceptors (Lipinski definition) is 4. The fourth-order valence-corrected chi connectivity index (χ4v) is 4.12. The molecule has 2 aliphatic heterocycles. The van der Waals surface area contributed by atoms with Crippen LogP contribution in [0.5, 0.6) is 0 Å². The largest absolute Gasteiger partial charge is 0.444 e. The van der Waals surface area contributed by atoms with Crippen molar-refractivity contribution >= 4 is 51.9 Å². The van der Waals surface area contributed by atoms with Crippen molar-refractivity contribution in [1.29, 1.82) is 0 Å². The smallest absolute Gasteiger partial charge is 0.410 e. The average Bonchev–Trinajstić information content (AvgIpc) is 2.58. The molecular weight excluding hydrogens is 481 g/mol. The van der Waals surface area contributed by atoms with Crippen molar-refractivity contribution in [3.63, 3.8) is 0 Å². The van der Waals surface area contributed by atoms with Gasteiger partial charge in [0.25, 0.3) is 5.91 Å². The van der Waals surface area contributed by atoms with Gasteiger partial charge in [0, 0.05) is 36.8 Å². The van der Waals surface area contributed by atoms with Gasteiger partial charge in [0.1, 0.15) is 5.60 Å². The number of fused-ring (bicyclic) bond motifs is 2. The molecule has 0 N–H and O–H groups in total. The molecule has 0 aromatic heterocycles. The van der Waals surface area contributed by atoms with Gasteiger partial charge >= 0.3 is 6.09 Å². The van der Waals surface area contributed by atoms with Gasteiger partial charge in [-0.1, -0.05) is 11.6 Å². The molecule has 1 atom stereocenters. The van der Waals surface area contributed by atoms with E-state index in [0.29, 0.717) is 30.2 Å². The fraction of sp³-hybridized carbons (Fsp3) is 0.579. The van der Waals surface area contributed by atoms with Crippen molar-refractivity contribution in [2.45, 2.75) is 38.8 Å². The van der Waals surface area contributed by atoms with Crippen LogP contribution in [0.25, 0.3) is 0 Å². The van der Waals surface area contributed by atoms with E-state index >= 15 is 0 Å². The Morgan fingerprint density at radius 3 is 2.63 bits per heavy atom. The third-order valence-corrected chi connectivity index (χ3v) is 6.40. The van der Waals surface area contributed by atoms with Gasteiger partial charge in [-0.15, -0.1) is 0 Å². The van der Waals surface area contributed by atoms with E-state index < -0.39 is 5.60 Å². The molecule has 2 amide bonds. The van der Waals surface area contributed by atoms with Crippen molar-refractivity contribution in [3.05, 3.63) is 26.3 Å². The van der Waals surface area contributed by atoms with Crippen LogP contribution in [-0.2, 0) is 4.74 Å². The zero-order chi connectivity index (χ0) is 19.9. The first-order valence-corrected chi connectivity index (χ1v) is 10.5. The number of anilines is 1. The van der Waals surface area contributed by atoms with E-state index in [2.05, 4.69) is 27.5 Å². The Kier molecular flexibility index (Phi) is 5.82. The van der Waals surface area contributed by atoms with E-state index in [-0.39, 0.29) is 18.0 Å². The van der Waals surface area contributed by atoms with Crippen molar-refractivity contribution in [2.75, 3.05) is 38.1 Å². The second-order valence-corrected chi connectivity index (χ2v) is 9.64. The molecule has 0 aliphatic carbocycles. The van der Waals surface area contributed by atoms with Gasteiger partial charge in [-0.3, -0.25) is 4.79 Å². The monoisotopic (exact) mass is 505 g/mol. The maximum Gasteiger partial charge on any atom is 0.410 e. The fourth-order valence-electron chi connectivity index (χ4n) is 3.50. The number of ether oxygens (including phenoxy) is 1. The summed E-state index contributed by atoms with van der Waals surface area (Å²) < 4.78 is 6.43. The number of piperazine rings is 1. The lowest BCUT2D eigenvalue weighted by molar-refractivity contribution is 0.00351. The minimum Gasteiger partial charge on any atom is -0.444 e. The zero-order valence-corrected chi connectivity index (χ0v) is 19.0. The van der Waals surface area contributed by atoms with E-state index in [4.69, 9.17) is 16.3 Å². The number of nitrogens with zero attached hydrogens (tertiary/aromatic N) is 3. The van der Waals surface area contributed by atoms with Gasteiger partial charge < -0.3 is 19.4 Å². The van der Waals surface area contributed by atoms with Crippen LogP contribution in [0.2, 0.25) is 5.02 Å². The molecule has 2 aliphatic rings. The first-order valence-electron chi connectivity index (χ1n) is 9.06. The van der Waals surface area contributed by atoms with Crippen LogP contribution in [0.1, 0.15) is 37.6 Å². The molecule has 1 fully saturated rings. The first-order chi connectivity index (χ1) is 12.6. The van der Waals surface area contributed by atoms with Crippen LogP contribution < -0.4 is 4.90 Å². The van der Waals surface area contributed by atoms with Crippen LogP contribution >= 0.6 is 34.2 Å². The number of carbonyl (C=O) groups excluding carboxylic acids is 2. The van der Waals surface area contributed by atoms with Gasteiger partial charge in [-0.25, -0.2) is 4.79 Å². The second-order valence-electron chi connectivity index (χ2n) is 8.07. The molecular formula is C19H25ClIN3O3. The number of amides is 2. The summed E-state index contributed by atoms with van der Waals surface area (Å²) in [5, 5.41) is 0.584. The molecule has 0 bridgehead atoms. The van der Waals surface area contributed by atoms with Crippen LogP contribution in [0.4, 0.5) is 10.5 Å². The summed E-state index contributed by atoms with van der Waals surface area (Å²) in [5.41, 5.74) is 0.998. The molecule has 2 heterocycles. The summed E-state index contributed by atoms with van der Waals surface area (Å²) in [6, 6.07) is 3.69. The molecule has 0 unspecified atom stereocenters. The van der Waals surface area contributed by atoms with Crippen LogP contribution in [0, 0.1) is 3.57 Å². The molecule has 0 saturated carbocycles.